The van der Waals surface area contributed by atoms with Gasteiger partial charge in [0.1, 0.15) is 17.9 Å². The number of alkyl halides is 1. The molecule has 0 aliphatic carbocycles. The molecule has 0 bridgehead atoms. The van der Waals surface area contributed by atoms with Gasteiger partial charge in [-0.15, -0.1) is 11.6 Å². The number of primary amides is 1. The van der Waals surface area contributed by atoms with E-state index in [2.05, 4.69) is 9.97 Å². The van der Waals surface area contributed by atoms with Gasteiger partial charge < -0.3 is 10.3 Å². The number of imidazole rings is 1. The Morgan fingerprint density at radius 1 is 1.56 bits per heavy atom. The summed E-state index contributed by atoms with van der Waals surface area (Å²) in [6.45, 7) is 0.00713. The average Bonchev–Trinajstić information content (AvgIpc) is 2.55. The third kappa shape index (κ3) is 1.96. The molecule has 0 radical (unpaired) electrons. The largest absolute Gasteiger partial charge is 0.368 e. The molecule has 1 amide bonds. The molecule has 0 aromatic carbocycles. The van der Waals surface area contributed by atoms with Crippen molar-refractivity contribution >= 4 is 40.3 Å². The highest BCUT2D eigenvalue weighted by atomic mass is 35.5. The summed E-state index contributed by atoms with van der Waals surface area (Å²) in [7, 11) is 0. The lowest BCUT2D eigenvalue weighted by molar-refractivity contribution is -0.118. The van der Waals surface area contributed by atoms with Gasteiger partial charge in [-0.2, -0.15) is 0 Å². The first kappa shape index (κ1) is 11.2. The first-order valence-corrected chi connectivity index (χ1v) is 5.38. The maximum absolute atomic E-state index is 10.9. The van der Waals surface area contributed by atoms with E-state index in [0.29, 0.717) is 22.0 Å². The fourth-order valence-electron chi connectivity index (χ4n) is 1.46. The number of carbonyl (C=O) groups excluding carboxylic acids is 1. The van der Waals surface area contributed by atoms with Crippen molar-refractivity contribution in [3.8, 4) is 0 Å². The van der Waals surface area contributed by atoms with Crippen LogP contribution in [0.4, 0.5) is 0 Å². The summed E-state index contributed by atoms with van der Waals surface area (Å²) >= 11 is 11.5. The van der Waals surface area contributed by atoms with Crippen LogP contribution in [-0.2, 0) is 17.2 Å². The summed E-state index contributed by atoms with van der Waals surface area (Å²) in [4.78, 5) is 19.2. The molecule has 84 valence electrons. The second kappa shape index (κ2) is 4.27. The van der Waals surface area contributed by atoms with E-state index in [1.807, 2.05) is 0 Å². The van der Waals surface area contributed by atoms with E-state index < -0.39 is 5.91 Å². The van der Waals surface area contributed by atoms with Gasteiger partial charge in [0.15, 0.2) is 5.65 Å². The van der Waals surface area contributed by atoms with Gasteiger partial charge in [-0.3, -0.25) is 4.79 Å². The monoisotopic (exact) mass is 258 g/mol. The van der Waals surface area contributed by atoms with Gasteiger partial charge in [-0.05, 0) is 6.07 Å². The van der Waals surface area contributed by atoms with E-state index in [0.717, 1.165) is 0 Å². The Balaban J connectivity index is 2.63. The first-order chi connectivity index (χ1) is 7.61. The molecule has 0 fully saturated rings. The maximum atomic E-state index is 10.9. The van der Waals surface area contributed by atoms with Gasteiger partial charge in [-0.25, -0.2) is 9.97 Å². The number of rotatable bonds is 3. The van der Waals surface area contributed by atoms with E-state index in [1.54, 1.807) is 10.6 Å². The highest BCUT2D eigenvalue weighted by Gasteiger charge is 2.12. The Hall–Kier alpha value is -1.33. The first-order valence-electron chi connectivity index (χ1n) is 4.46. The Morgan fingerprint density at radius 2 is 2.31 bits per heavy atom. The molecule has 2 rings (SSSR count). The van der Waals surface area contributed by atoms with E-state index in [1.165, 1.54) is 6.20 Å². The average molecular weight is 259 g/mol. The molecule has 0 aliphatic heterocycles. The molecule has 0 saturated carbocycles. The van der Waals surface area contributed by atoms with Gasteiger partial charge in [-0.1, -0.05) is 11.6 Å². The van der Waals surface area contributed by atoms with Crippen molar-refractivity contribution in [2.45, 2.75) is 12.4 Å². The van der Waals surface area contributed by atoms with Gasteiger partial charge in [0.05, 0.1) is 10.9 Å². The predicted octanol–water partition coefficient (Wildman–Crippen LogP) is 1.31. The van der Waals surface area contributed by atoms with Gasteiger partial charge in [0.2, 0.25) is 5.91 Å². The molecule has 2 aromatic rings. The Kier molecular flexibility index (Phi) is 2.98. The lowest BCUT2D eigenvalue weighted by atomic mass is 10.4. The molecule has 0 saturated heterocycles. The summed E-state index contributed by atoms with van der Waals surface area (Å²) < 4.78 is 1.58. The quantitative estimate of drug-likeness (QED) is 0.844. The second-order valence-corrected chi connectivity index (χ2v) is 3.91. The summed E-state index contributed by atoms with van der Waals surface area (Å²) in [6, 6.07) is 1.66. The van der Waals surface area contributed by atoms with Crippen molar-refractivity contribution in [1.82, 2.24) is 14.5 Å². The second-order valence-electron chi connectivity index (χ2n) is 3.21. The summed E-state index contributed by atoms with van der Waals surface area (Å²) in [6.07, 6.45) is 1.49. The molecule has 7 heteroatoms. The molecule has 0 aliphatic rings. The smallest absolute Gasteiger partial charge is 0.237 e. The highest BCUT2D eigenvalue weighted by Crippen LogP contribution is 2.18. The minimum atomic E-state index is -0.470. The van der Waals surface area contributed by atoms with Crippen LogP contribution in [0.2, 0.25) is 5.02 Å². The van der Waals surface area contributed by atoms with Gasteiger partial charge in [0, 0.05) is 6.20 Å². The molecular weight excluding hydrogens is 251 g/mol. The van der Waals surface area contributed by atoms with Crippen LogP contribution < -0.4 is 5.73 Å². The van der Waals surface area contributed by atoms with Crippen LogP contribution in [0.5, 0.6) is 0 Å². The topological polar surface area (TPSA) is 73.8 Å². The highest BCUT2D eigenvalue weighted by molar-refractivity contribution is 6.31. The number of fused-ring (bicyclic) bond motifs is 1. The van der Waals surface area contributed by atoms with E-state index in [9.17, 15) is 4.79 Å². The van der Waals surface area contributed by atoms with Crippen molar-refractivity contribution in [3.05, 3.63) is 23.1 Å². The van der Waals surface area contributed by atoms with Crippen LogP contribution >= 0.6 is 23.2 Å². The summed E-state index contributed by atoms with van der Waals surface area (Å²) in [5, 5.41) is 0.484. The fourth-order valence-corrected chi connectivity index (χ4v) is 1.81. The van der Waals surface area contributed by atoms with Crippen LogP contribution in [0.1, 0.15) is 5.82 Å². The van der Waals surface area contributed by atoms with Crippen LogP contribution in [0.3, 0.4) is 0 Å². The standard InChI is InChI=1S/C9H8Cl2N4O/c10-2-8-14-6-1-5(11)3-13-9(6)15(8)4-7(12)16/h1,3H,2,4H2,(H2,12,16). The molecule has 0 atom stereocenters. The predicted molar refractivity (Wildman–Crippen MR) is 61.3 cm³/mol. The molecule has 0 unspecified atom stereocenters. The van der Waals surface area contributed by atoms with Gasteiger partial charge in [0.25, 0.3) is 0 Å². The molecule has 5 nitrogen and oxygen atoms in total. The lowest BCUT2D eigenvalue weighted by Crippen LogP contribution is -2.20. The zero-order chi connectivity index (χ0) is 11.7. The number of nitrogens with zero attached hydrogens (tertiary/aromatic N) is 3. The van der Waals surface area contributed by atoms with Crippen molar-refractivity contribution < 1.29 is 4.79 Å². The fraction of sp³-hybridized carbons (Fsp3) is 0.222. The number of carbonyl (C=O) groups is 1. The zero-order valence-electron chi connectivity index (χ0n) is 8.15. The Morgan fingerprint density at radius 3 is 2.94 bits per heavy atom. The molecule has 16 heavy (non-hydrogen) atoms. The molecule has 2 N–H and O–H groups in total. The number of amides is 1. The third-order valence-corrected chi connectivity index (χ3v) is 2.51. The normalized spacial score (nSPS) is 10.9. The van der Waals surface area contributed by atoms with Crippen LogP contribution in [-0.4, -0.2) is 20.4 Å². The van der Waals surface area contributed by atoms with E-state index in [-0.39, 0.29) is 12.4 Å². The van der Waals surface area contributed by atoms with Crippen LogP contribution in [0, 0.1) is 0 Å². The molecular formula is C9H8Cl2N4O. The zero-order valence-corrected chi connectivity index (χ0v) is 9.66. The van der Waals surface area contributed by atoms with Crippen molar-refractivity contribution in [2.24, 2.45) is 5.73 Å². The van der Waals surface area contributed by atoms with E-state index >= 15 is 0 Å². The van der Waals surface area contributed by atoms with Crippen molar-refractivity contribution in [2.75, 3.05) is 0 Å². The molecule has 2 aromatic heterocycles. The van der Waals surface area contributed by atoms with Crippen molar-refractivity contribution in [1.29, 1.82) is 0 Å². The Bertz CT molecular complexity index is 552. The van der Waals surface area contributed by atoms with Crippen molar-refractivity contribution in [3.63, 3.8) is 0 Å². The lowest BCUT2D eigenvalue weighted by Gasteiger charge is -2.02. The maximum Gasteiger partial charge on any atom is 0.237 e. The third-order valence-electron chi connectivity index (χ3n) is 2.06. The number of pyridine rings is 1. The number of hydrogen-bond acceptors (Lipinski definition) is 3. The Labute approximate surface area is 101 Å². The number of nitrogens with two attached hydrogens (primary N) is 1. The summed E-state index contributed by atoms with van der Waals surface area (Å²) in [5.74, 6) is 0.258. The minimum Gasteiger partial charge on any atom is -0.368 e. The minimum absolute atomic E-state index is 0.00713. The summed E-state index contributed by atoms with van der Waals surface area (Å²) in [5.41, 5.74) is 6.30. The molecule has 0 spiro atoms. The molecule has 2 heterocycles. The number of hydrogen-bond donors (Lipinski definition) is 1. The number of aromatic nitrogens is 3. The van der Waals surface area contributed by atoms with Crippen LogP contribution in [0.25, 0.3) is 11.2 Å². The number of halogens is 2. The van der Waals surface area contributed by atoms with Crippen LogP contribution in [0.15, 0.2) is 12.3 Å². The van der Waals surface area contributed by atoms with Gasteiger partial charge >= 0.3 is 0 Å². The SMILES string of the molecule is NC(=O)Cn1c(CCl)nc2cc(Cl)cnc21. The van der Waals surface area contributed by atoms with E-state index in [4.69, 9.17) is 28.9 Å².